The number of halogens is 1. The lowest BCUT2D eigenvalue weighted by molar-refractivity contribution is -0.122. The summed E-state index contributed by atoms with van der Waals surface area (Å²) in [5.74, 6) is -0.238. The van der Waals surface area contributed by atoms with E-state index in [1.54, 1.807) is 0 Å². The number of nitrogens with two attached hydrogens (primary N) is 1. The van der Waals surface area contributed by atoms with E-state index in [0.717, 1.165) is 10.0 Å². The third kappa shape index (κ3) is 4.19. The molecule has 0 aliphatic heterocycles. The van der Waals surface area contributed by atoms with Gasteiger partial charge in [0.05, 0.1) is 6.04 Å². The maximum absolute atomic E-state index is 12.0. The summed E-state index contributed by atoms with van der Waals surface area (Å²) in [6.07, 6.45) is 1.46. The summed E-state index contributed by atoms with van der Waals surface area (Å²) in [5, 5.41) is 2.86. The lowest BCUT2D eigenvalue weighted by atomic mass is 10.1. The van der Waals surface area contributed by atoms with Crippen molar-refractivity contribution in [3.8, 4) is 0 Å². The first-order chi connectivity index (χ1) is 9.95. The molecule has 110 valence electrons. The molecule has 1 unspecified atom stereocenters. The van der Waals surface area contributed by atoms with Crippen LogP contribution in [0.1, 0.15) is 18.5 Å². The molecule has 5 nitrogen and oxygen atoms in total. The van der Waals surface area contributed by atoms with Gasteiger partial charge in [0.1, 0.15) is 6.54 Å². The molecule has 1 aromatic heterocycles. The molecule has 0 spiro atoms. The molecule has 1 atom stereocenters. The number of carbonyl (C=O) groups excluding carboxylic acids is 1. The number of nitrogens with one attached hydrogen (secondary N) is 1. The summed E-state index contributed by atoms with van der Waals surface area (Å²) in [7, 11) is 0. The number of nitrogen functional groups attached to an aromatic ring is 1. The maximum atomic E-state index is 12.0. The number of rotatable bonds is 4. The van der Waals surface area contributed by atoms with Crippen LogP contribution in [-0.4, -0.2) is 10.5 Å². The van der Waals surface area contributed by atoms with Crippen molar-refractivity contribution in [3.63, 3.8) is 0 Å². The van der Waals surface area contributed by atoms with Crippen molar-refractivity contribution in [2.45, 2.75) is 19.5 Å². The highest BCUT2D eigenvalue weighted by Gasteiger charge is 2.10. The van der Waals surface area contributed by atoms with Crippen molar-refractivity contribution in [2.24, 2.45) is 0 Å². The quantitative estimate of drug-likeness (QED) is 0.886. The predicted octanol–water partition coefficient (Wildman–Crippen LogP) is 2.07. The Morgan fingerprint density at radius 2 is 1.95 bits per heavy atom. The molecule has 0 aliphatic rings. The second kappa shape index (κ2) is 6.58. The van der Waals surface area contributed by atoms with Crippen LogP contribution in [0.5, 0.6) is 0 Å². The van der Waals surface area contributed by atoms with E-state index in [9.17, 15) is 9.59 Å². The van der Waals surface area contributed by atoms with Crippen molar-refractivity contribution >= 4 is 27.5 Å². The summed E-state index contributed by atoms with van der Waals surface area (Å²) in [6.45, 7) is 1.84. The topological polar surface area (TPSA) is 77.1 Å². The van der Waals surface area contributed by atoms with Crippen molar-refractivity contribution in [2.75, 3.05) is 5.73 Å². The van der Waals surface area contributed by atoms with E-state index >= 15 is 0 Å². The second-order valence-electron chi connectivity index (χ2n) is 4.77. The lowest BCUT2D eigenvalue weighted by Gasteiger charge is -2.15. The van der Waals surface area contributed by atoms with Crippen LogP contribution in [0.25, 0.3) is 0 Å². The van der Waals surface area contributed by atoms with E-state index < -0.39 is 0 Å². The van der Waals surface area contributed by atoms with Crippen molar-refractivity contribution in [1.29, 1.82) is 0 Å². The molecular weight excluding hydrogens is 334 g/mol. The van der Waals surface area contributed by atoms with E-state index in [4.69, 9.17) is 5.73 Å². The minimum atomic E-state index is -0.254. The van der Waals surface area contributed by atoms with E-state index in [1.165, 1.54) is 22.9 Å². The molecule has 0 radical (unpaired) electrons. The minimum absolute atomic E-state index is 0.0509. The van der Waals surface area contributed by atoms with Gasteiger partial charge in [0.25, 0.3) is 5.56 Å². The third-order valence-corrected chi connectivity index (χ3v) is 3.60. The van der Waals surface area contributed by atoms with Crippen LogP contribution < -0.4 is 16.6 Å². The Kier molecular flexibility index (Phi) is 4.80. The van der Waals surface area contributed by atoms with Gasteiger partial charge in [-0.2, -0.15) is 0 Å². The van der Waals surface area contributed by atoms with E-state index in [2.05, 4.69) is 21.2 Å². The average molecular weight is 350 g/mol. The smallest absolute Gasteiger partial charge is 0.251 e. The number of benzene rings is 1. The summed E-state index contributed by atoms with van der Waals surface area (Å²) in [4.78, 5) is 23.6. The standard InChI is InChI=1S/C15H16BrN3O2/c1-10(11-2-4-12(16)5-3-11)18-14(20)9-19-8-13(17)6-7-15(19)21/h2-8,10H,9,17H2,1H3,(H,18,20). The van der Waals surface area contributed by atoms with Crippen LogP contribution in [0.4, 0.5) is 5.69 Å². The van der Waals surface area contributed by atoms with Crippen LogP contribution in [-0.2, 0) is 11.3 Å². The second-order valence-corrected chi connectivity index (χ2v) is 5.69. The van der Waals surface area contributed by atoms with E-state index in [1.807, 2.05) is 31.2 Å². The fourth-order valence-corrected chi connectivity index (χ4v) is 2.21. The summed E-state index contributed by atoms with van der Waals surface area (Å²) < 4.78 is 2.27. The summed E-state index contributed by atoms with van der Waals surface area (Å²) in [6, 6.07) is 10.4. The van der Waals surface area contributed by atoms with Crippen molar-refractivity contribution in [3.05, 3.63) is 63.0 Å². The average Bonchev–Trinajstić information content (AvgIpc) is 2.43. The molecule has 0 aliphatic carbocycles. The largest absolute Gasteiger partial charge is 0.398 e. The molecule has 0 bridgehead atoms. The number of nitrogens with zero attached hydrogens (tertiary/aromatic N) is 1. The van der Waals surface area contributed by atoms with Crippen LogP contribution in [0.3, 0.4) is 0 Å². The first-order valence-corrected chi connectivity index (χ1v) is 7.26. The summed E-state index contributed by atoms with van der Waals surface area (Å²) in [5.41, 5.74) is 6.80. The highest BCUT2D eigenvalue weighted by molar-refractivity contribution is 9.10. The van der Waals surface area contributed by atoms with Gasteiger partial charge in [-0.25, -0.2) is 0 Å². The molecule has 1 heterocycles. The van der Waals surface area contributed by atoms with Gasteiger partial charge in [-0.15, -0.1) is 0 Å². The third-order valence-electron chi connectivity index (χ3n) is 3.07. The zero-order valence-electron chi connectivity index (χ0n) is 11.5. The lowest BCUT2D eigenvalue weighted by Crippen LogP contribution is -2.33. The van der Waals surface area contributed by atoms with Crippen LogP contribution in [0.15, 0.2) is 51.9 Å². The maximum Gasteiger partial charge on any atom is 0.251 e. The Labute approximate surface area is 130 Å². The molecular formula is C15H16BrN3O2. The fourth-order valence-electron chi connectivity index (χ4n) is 1.95. The Morgan fingerprint density at radius 3 is 2.62 bits per heavy atom. The number of hydrogen-bond donors (Lipinski definition) is 2. The molecule has 1 amide bonds. The van der Waals surface area contributed by atoms with Crippen molar-refractivity contribution < 1.29 is 4.79 Å². The SMILES string of the molecule is CC(NC(=O)Cn1cc(N)ccc1=O)c1ccc(Br)cc1. The highest BCUT2D eigenvalue weighted by atomic mass is 79.9. The first-order valence-electron chi connectivity index (χ1n) is 6.46. The van der Waals surface area contributed by atoms with Crippen molar-refractivity contribution in [1.82, 2.24) is 9.88 Å². The van der Waals surface area contributed by atoms with Gasteiger partial charge in [0.15, 0.2) is 0 Å². The Bertz CT molecular complexity index is 695. The number of pyridine rings is 1. The molecule has 6 heteroatoms. The zero-order valence-corrected chi connectivity index (χ0v) is 13.1. The first kappa shape index (κ1) is 15.3. The number of hydrogen-bond acceptors (Lipinski definition) is 3. The molecule has 1 aromatic carbocycles. The number of anilines is 1. The highest BCUT2D eigenvalue weighted by Crippen LogP contribution is 2.16. The Morgan fingerprint density at radius 1 is 1.29 bits per heavy atom. The van der Waals surface area contributed by atoms with E-state index in [0.29, 0.717) is 5.69 Å². The van der Waals surface area contributed by atoms with Gasteiger partial charge in [-0.1, -0.05) is 28.1 Å². The van der Waals surface area contributed by atoms with Gasteiger partial charge in [0.2, 0.25) is 5.91 Å². The molecule has 2 rings (SSSR count). The number of carbonyl (C=O) groups is 1. The van der Waals surface area contributed by atoms with Crippen LogP contribution in [0.2, 0.25) is 0 Å². The number of aromatic nitrogens is 1. The number of amides is 1. The minimum Gasteiger partial charge on any atom is -0.398 e. The summed E-state index contributed by atoms with van der Waals surface area (Å²) >= 11 is 3.37. The zero-order chi connectivity index (χ0) is 15.4. The molecule has 2 aromatic rings. The van der Waals surface area contributed by atoms with Gasteiger partial charge in [0, 0.05) is 22.4 Å². The van der Waals surface area contributed by atoms with E-state index in [-0.39, 0.29) is 24.1 Å². The molecule has 21 heavy (non-hydrogen) atoms. The van der Waals surface area contributed by atoms with Crippen LogP contribution in [0, 0.1) is 0 Å². The molecule has 0 fully saturated rings. The van der Waals surface area contributed by atoms with Gasteiger partial charge in [-0.3, -0.25) is 9.59 Å². The Balaban J connectivity index is 2.03. The predicted molar refractivity (Wildman–Crippen MR) is 85.8 cm³/mol. The van der Waals surface area contributed by atoms with Gasteiger partial charge in [-0.05, 0) is 30.7 Å². The van der Waals surface area contributed by atoms with Crippen LogP contribution >= 0.6 is 15.9 Å². The Hall–Kier alpha value is -2.08. The molecule has 3 N–H and O–H groups in total. The fraction of sp³-hybridized carbons (Fsp3) is 0.200. The molecule has 0 saturated heterocycles. The van der Waals surface area contributed by atoms with Gasteiger partial charge >= 0.3 is 0 Å². The molecule has 0 saturated carbocycles. The normalized spacial score (nSPS) is 11.9. The monoisotopic (exact) mass is 349 g/mol. The van der Waals surface area contributed by atoms with Gasteiger partial charge < -0.3 is 15.6 Å².